The Morgan fingerprint density at radius 3 is 2.95 bits per heavy atom. The molecule has 3 N–H and O–H groups in total. The lowest BCUT2D eigenvalue weighted by molar-refractivity contribution is 0.297. The van der Waals surface area contributed by atoms with Crippen molar-refractivity contribution in [3.05, 3.63) is 52.5 Å². The zero-order valence-corrected chi connectivity index (χ0v) is 11.9. The zero-order chi connectivity index (χ0) is 14.1. The minimum absolute atomic E-state index is 0.261. The van der Waals surface area contributed by atoms with Crippen molar-refractivity contribution in [2.75, 3.05) is 5.73 Å². The summed E-state index contributed by atoms with van der Waals surface area (Å²) in [7, 11) is 0. The number of rotatable bonds is 3. The van der Waals surface area contributed by atoms with E-state index in [-0.39, 0.29) is 12.4 Å². The molecule has 0 bridgehead atoms. The molecule has 6 heteroatoms. The van der Waals surface area contributed by atoms with Crippen molar-refractivity contribution in [3.63, 3.8) is 0 Å². The molecule has 3 aromatic rings. The Kier molecular flexibility index (Phi) is 3.31. The second-order valence-corrected chi connectivity index (χ2v) is 5.18. The third kappa shape index (κ3) is 2.60. The number of benzene rings is 2. The number of anilines is 1. The predicted molar refractivity (Wildman–Crippen MR) is 78.9 cm³/mol. The van der Waals surface area contributed by atoms with Gasteiger partial charge in [-0.1, -0.05) is 6.07 Å². The van der Waals surface area contributed by atoms with Gasteiger partial charge in [-0.25, -0.2) is 9.37 Å². The summed E-state index contributed by atoms with van der Waals surface area (Å²) in [5.41, 5.74) is 7.63. The fourth-order valence-corrected chi connectivity index (χ4v) is 2.21. The fraction of sp³-hybridized carbons (Fsp3) is 0.0714. The van der Waals surface area contributed by atoms with Crippen LogP contribution in [0, 0.1) is 5.82 Å². The topological polar surface area (TPSA) is 63.9 Å². The van der Waals surface area contributed by atoms with Crippen molar-refractivity contribution in [3.8, 4) is 5.75 Å². The molecule has 0 aliphatic heterocycles. The number of imidazole rings is 1. The third-order valence-corrected chi connectivity index (χ3v) is 3.41. The second-order valence-electron chi connectivity index (χ2n) is 4.33. The summed E-state index contributed by atoms with van der Waals surface area (Å²) >= 11 is 3.14. The SMILES string of the molecule is Nc1cccc(OCc2nc3cc(Br)c(F)cc3[nH]2)c1. The van der Waals surface area contributed by atoms with Crippen LogP contribution in [-0.4, -0.2) is 9.97 Å². The van der Waals surface area contributed by atoms with Crippen LogP contribution in [0.5, 0.6) is 5.75 Å². The number of nitrogens with one attached hydrogen (secondary N) is 1. The molecule has 4 nitrogen and oxygen atoms in total. The van der Waals surface area contributed by atoms with E-state index in [1.54, 1.807) is 18.2 Å². The van der Waals surface area contributed by atoms with Gasteiger partial charge in [0.15, 0.2) is 0 Å². The van der Waals surface area contributed by atoms with Crippen molar-refractivity contribution < 1.29 is 9.13 Å². The molecule has 0 aliphatic rings. The molecule has 2 aromatic carbocycles. The van der Waals surface area contributed by atoms with Crippen LogP contribution >= 0.6 is 15.9 Å². The van der Waals surface area contributed by atoms with E-state index in [4.69, 9.17) is 10.5 Å². The fourth-order valence-electron chi connectivity index (χ4n) is 1.88. The first kappa shape index (κ1) is 12.9. The molecule has 0 radical (unpaired) electrons. The number of halogens is 2. The van der Waals surface area contributed by atoms with Crippen molar-refractivity contribution in [1.82, 2.24) is 9.97 Å². The predicted octanol–water partition coefficient (Wildman–Crippen LogP) is 3.63. The molecule has 0 fully saturated rings. The second kappa shape index (κ2) is 5.13. The van der Waals surface area contributed by atoms with Crippen molar-refractivity contribution in [2.45, 2.75) is 6.61 Å². The first-order valence-electron chi connectivity index (χ1n) is 5.94. The monoisotopic (exact) mass is 335 g/mol. The molecule has 20 heavy (non-hydrogen) atoms. The summed E-state index contributed by atoms with van der Waals surface area (Å²) < 4.78 is 19.4. The Morgan fingerprint density at radius 1 is 1.30 bits per heavy atom. The maximum absolute atomic E-state index is 13.4. The summed E-state index contributed by atoms with van der Waals surface area (Å²) in [4.78, 5) is 7.36. The van der Waals surface area contributed by atoms with Crippen LogP contribution in [0.3, 0.4) is 0 Å². The lowest BCUT2D eigenvalue weighted by atomic mass is 10.3. The van der Waals surface area contributed by atoms with Crippen LogP contribution < -0.4 is 10.5 Å². The van der Waals surface area contributed by atoms with E-state index in [2.05, 4.69) is 25.9 Å². The minimum Gasteiger partial charge on any atom is -0.486 e. The minimum atomic E-state index is -0.329. The van der Waals surface area contributed by atoms with Gasteiger partial charge >= 0.3 is 0 Å². The lowest BCUT2D eigenvalue weighted by Crippen LogP contribution is -1.97. The highest BCUT2D eigenvalue weighted by molar-refractivity contribution is 9.10. The molecule has 0 aliphatic carbocycles. The molecular weight excluding hydrogens is 325 g/mol. The van der Waals surface area contributed by atoms with Gasteiger partial charge < -0.3 is 15.5 Å². The van der Waals surface area contributed by atoms with Gasteiger partial charge in [0.1, 0.15) is 24.0 Å². The molecule has 1 aromatic heterocycles. The number of H-pyrrole nitrogens is 1. The number of aromatic amines is 1. The molecule has 102 valence electrons. The highest BCUT2D eigenvalue weighted by atomic mass is 79.9. The van der Waals surface area contributed by atoms with E-state index in [9.17, 15) is 4.39 Å². The average molecular weight is 336 g/mol. The summed E-state index contributed by atoms with van der Waals surface area (Å²) in [5, 5.41) is 0. The van der Waals surface area contributed by atoms with Crippen molar-refractivity contribution in [2.24, 2.45) is 0 Å². The van der Waals surface area contributed by atoms with Gasteiger partial charge in [-0.2, -0.15) is 0 Å². The van der Waals surface area contributed by atoms with Gasteiger partial charge in [-0.3, -0.25) is 0 Å². The Hall–Kier alpha value is -2.08. The van der Waals surface area contributed by atoms with Crippen LogP contribution in [0.2, 0.25) is 0 Å². The highest BCUT2D eigenvalue weighted by Gasteiger charge is 2.07. The summed E-state index contributed by atoms with van der Waals surface area (Å²) in [6.07, 6.45) is 0. The maximum atomic E-state index is 13.4. The number of hydrogen-bond donors (Lipinski definition) is 2. The number of ether oxygens (including phenoxy) is 1. The number of nitrogens with two attached hydrogens (primary N) is 1. The van der Waals surface area contributed by atoms with Crippen LogP contribution in [0.4, 0.5) is 10.1 Å². The summed E-state index contributed by atoms with van der Waals surface area (Å²) in [6.45, 7) is 0.261. The van der Waals surface area contributed by atoms with Gasteiger partial charge in [0, 0.05) is 17.8 Å². The highest BCUT2D eigenvalue weighted by Crippen LogP contribution is 2.22. The van der Waals surface area contributed by atoms with Crippen LogP contribution in [0.15, 0.2) is 40.9 Å². The molecule has 1 heterocycles. The summed E-state index contributed by atoms with van der Waals surface area (Å²) in [5.74, 6) is 0.960. The Balaban J connectivity index is 1.81. The molecule has 0 saturated carbocycles. The first-order chi connectivity index (χ1) is 9.61. The van der Waals surface area contributed by atoms with Gasteiger partial charge in [-0.15, -0.1) is 0 Å². The molecule has 0 atom stereocenters. The number of nitrogens with zero attached hydrogens (tertiary/aromatic N) is 1. The maximum Gasteiger partial charge on any atom is 0.146 e. The number of hydrogen-bond acceptors (Lipinski definition) is 3. The van der Waals surface area contributed by atoms with Gasteiger partial charge in [-0.05, 0) is 34.1 Å². The van der Waals surface area contributed by atoms with E-state index >= 15 is 0 Å². The third-order valence-electron chi connectivity index (χ3n) is 2.81. The van der Waals surface area contributed by atoms with E-state index in [0.29, 0.717) is 32.8 Å². The van der Waals surface area contributed by atoms with Crippen LogP contribution in [0.1, 0.15) is 5.82 Å². The summed E-state index contributed by atoms with van der Waals surface area (Å²) in [6, 6.07) is 10.2. The van der Waals surface area contributed by atoms with Gasteiger partial charge in [0.05, 0.1) is 15.5 Å². The smallest absolute Gasteiger partial charge is 0.146 e. The zero-order valence-electron chi connectivity index (χ0n) is 10.4. The van der Waals surface area contributed by atoms with Gasteiger partial charge in [0.2, 0.25) is 0 Å². The normalized spacial score (nSPS) is 10.9. The number of nitrogen functional groups attached to an aromatic ring is 1. The van der Waals surface area contributed by atoms with E-state index < -0.39 is 0 Å². The van der Waals surface area contributed by atoms with E-state index in [1.165, 1.54) is 6.07 Å². The van der Waals surface area contributed by atoms with Crippen LogP contribution in [0.25, 0.3) is 11.0 Å². The largest absolute Gasteiger partial charge is 0.486 e. The number of fused-ring (bicyclic) bond motifs is 1. The molecule has 0 amide bonds. The average Bonchev–Trinajstić information content (AvgIpc) is 2.79. The standard InChI is InChI=1S/C14H11BrFN3O/c15-10-5-12-13(6-11(10)16)19-14(18-12)7-20-9-3-1-2-8(17)4-9/h1-6H,7,17H2,(H,18,19). The molecule has 3 rings (SSSR count). The van der Waals surface area contributed by atoms with Crippen LogP contribution in [-0.2, 0) is 6.61 Å². The first-order valence-corrected chi connectivity index (χ1v) is 6.73. The molecule has 0 spiro atoms. The quantitative estimate of drug-likeness (QED) is 0.718. The molecular formula is C14H11BrFN3O. The van der Waals surface area contributed by atoms with E-state index in [0.717, 1.165) is 0 Å². The van der Waals surface area contributed by atoms with Crippen molar-refractivity contribution in [1.29, 1.82) is 0 Å². The van der Waals surface area contributed by atoms with Crippen molar-refractivity contribution >= 4 is 32.7 Å². The Morgan fingerprint density at radius 2 is 2.15 bits per heavy atom. The number of aromatic nitrogens is 2. The lowest BCUT2D eigenvalue weighted by Gasteiger charge is -2.04. The Bertz CT molecular complexity index is 733. The molecule has 0 saturated heterocycles. The molecule has 0 unspecified atom stereocenters. The van der Waals surface area contributed by atoms with E-state index in [1.807, 2.05) is 12.1 Å². The van der Waals surface area contributed by atoms with Gasteiger partial charge in [0.25, 0.3) is 0 Å². The Labute approximate surface area is 122 Å².